The Hall–Kier alpha value is -1.35. The zero-order valence-corrected chi connectivity index (χ0v) is 3.43. The van der Waals surface area contributed by atoms with Crippen LogP contribution in [0.3, 0.4) is 0 Å². The molecule has 0 unspecified atom stereocenters. The molecule has 0 aliphatic rings. The summed E-state index contributed by atoms with van der Waals surface area (Å²) in [5.41, 5.74) is 6.54. The fourth-order valence-corrected chi connectivity index (χ4v) is 0.0830. The lowest BCUT2D eigenvalue weighted by molar-refractivity contribution is 0.561. The number of nitrogens with zero attached hydrogens (tertiary/aromatic N) is 1. The summed E-state index contributed by atoms with van der Waals surface area (Å²) in [5.74, 6) is -0.372. The molecule has 5 nitrogen and oxygen atoms in total. The third kappa shape index (κ3) is 4.65. The summed E-state index contributed by atoms with van der Waals surface area (Å²) < 4.78 is 0. The number of carbonyl (C=O) groups excluding carboxylic acids is 1. The Morgan fingerprint density at radius 2 is 2.57 bits per heavy atom. The first kappa shape index (κ1) is 5.65. The van der Waals surface area contributed by atoms with Crippen molar-refractivity contribution in [1.82, 2.24) is 5.43 Å². The fourth-order valence-electron chi connectivity index (χ4n) is 0.0830. The van der Waals surface area contributed by atoms with Gasteiger partial charge in [0.2, 0.25) is 5.96 Å². The van der Waals surface area contributed by atoms with Crippen LogP contribution in [0, 0.1) is 5.41 Å². The number of guanidine groups is 1. The van der Waals surface area contributed by atoms with Crippen molar-refractivity contribution in [3.63, 3.8) is 0 Å². The van der Waals surface area contributed by atoms with Gasteiger partial charge in [-0.25, -0.2) is 10.2 Å². The van der Waals surface area contributed by atoms with E-state index < -0.39 is 0 Å². The molecule has 0 spiro atoms. The largest absolute Gasteiger partial charge is 0.369 e. The topological polar surface area (TPSA) is 91.3 Å². The van der Waals surface area contributed by atoms with Crippen molar-refractivity contribution >= 4 is 12.0 Å². The molecule has 0 amide bonds. The average Bonchev–Trinajstić information content (AvgIpc) is 1.61. The highest BCUT2D eigenvalue weighted by molar-refractivity contribution is 5.74. The molecule has 0 aromatic carbocycles. The van der Waals surface area contributed by atoms with Crippen molar-refractivity contribution in [2.75, 3.05) is 0 Å². The first-order valence-electron chi connectivity index (χ1n) is 1.44. The van der Waals surface area contributed by atoms with Crippen molar-refractivity contribution in [2.45, 2.75) is 0 Å². The SMILES string of the molecule is N=C(N)NN=C=O. The van der Waals surface area contributed by atoms with Crippen LogP contribution in [0.5, 0.6) is 0 Å². The van der Waals surface area contributed by atoms with Gasteiger partial charge in [0.05, 0.1) is 0 Å². The van der Waals surface area contributed by atoms with E-state index in [0.29, 0.717) is 0 Å². The van der Waals surface area contributed by atoms with E-state index >= 15 is 0 Å². The van der Waals surface area contributed by atoms with E-state index in [1.165, 1.54) is 0 Å². The van der Waals surface area contributed by atoms with Gasteiger partial charge in [-0.1, -0.05) is 5.10 Å². The summed E-state index contributed by atoms with van der Waals surface area (Å²) in [4.78, 5) is 9.20. The van der Waals surface area contributed by atoms with E-state index in [1.54, 1.807) is 0 Å². The third-order valence-corrected chi connectivity index (χ3v) is 0.222. The quantitative estimate of drug-likeness (QED) is 0.166. The maximum atomic E-state index is 9.20. The molecule has 0 radical (unpaired) electrons. The van der Waals surface area contributed by atoms with Crippen molar-refractivity contribution in [1.29, 1.82) is 5.41 Å². The molecule has 5 heteroatoms. The van der Waals surface area contributed by atoms with Crippen molar-refractivity contribution in [3.8, 4) is 0 Å². The van der Waals surface area contributed by atoms with Crippen LogP contribution in [0.25, 0.3) is 0 Å². The second-order valence-electron chi connectivity index (χ2n) is 0.729. The highest BCUT2D eigenvalue weighted by Crippen LogP contribution is 1.45. The Bertz CT molecular complexity index is 113. The molecular weight excluding hydrogens is 96.0 g/mol. The van der Waals surface area contributed by atoms with Crippen molar-refractivity contribution < 1.29 is 4.79 Å². The predicted octanol–water partition coefficient (Wildman–Crippen LogP) is -1.28. The number of nitrogens with two attached hydrogens (primary N) is 1. The molecule has 7 heavy (non-hydrogen) atoms. The number of rotatable bonds is 1. The van der Waals surface area contributed by atoms with E-state index in [1.807, 2.05) is 5.43 Å². The number of hydrazone groups is 1. The Balaban J connectivity index is 3.32. The molecule has 0 bridgehead atoms. The van der Waals surface area contributed by atoms with Crippen LogP contribution in [0.4, 0.5) is 0 Å². The summed E-state index contributed by atoms with van der Waals surface area (Å²) in [6.07, 6.45) is 1.14. The molecule has 0 heterocycles. The predicted molar refractivity (Wildman–Crippen MR) is 23.2 cm³/mol. The summed E-state index contributed by atoms with van der Waals surface area (Å²) >= 11 is 0. The number of hydrogen-bond donors (Lipinski definition) is 3. The number of isocyanates is 1. The lowest BCUT2D eigenvalue weighted by atomic mass is 11.1. The third-order valence-electron chi connectivity index (χ3n) is 0.222. The highest BCUT2D eigenvalue weighted by Gasteiger charge is 1.73. The van der Waals surface area contributed by atoms with Gasteiger partial charge in [0.1, 0.15) is 0 Å². The standard InChI is InChI=1S/C2H4N4O/c3-2(4)6-5-1-7/h(H4,3,4,6). The van der Waals surface area contributed by atoms with Crippen LogP contribution >= 0.6 is 0 Å². The molecule has 0 aromatic rings. The molecule has 0 fully saturated rings. The van der Waals surface area contributed by atoms with Gasteiger partial charge in [0, 0.05) is 0 Å². The van der Waals surface area contributed by atoms with Gasteiger partial charge >= 0.3 is 0 Å². The van der Waals surface area contributed by atoms with Gasteiger partial charge in [-0.15, -0.1) is 0 Å². The van der Waals surface area contributed by atoms with Gasteiger partial charge in [0.15, 0.2) is 0 Å². The maximum Gasteiger partial charge on any atom is 0.258 e. The van der Waals surface area contributed by atoms with Crippen LogP contribution in [0.2, 0.25) is 0 Å². The molecule has 0 rings (SSSR count). The first-order chi connectivity index (χ1) is 3.27. The lowest BCUT2D eigenvalue weighted by Crippen LogP contribution is -2.24. The van der Waals surface area contributed by atoms with Crippen molar-refractivity contribution in [2.24, 2.45) is 10.8 Å². The Morgan fingerprint density at radius 1 is 2.00 bits per heavy atom. The second kappa shape index (κ2) is 2.87. The average molecular weight is 100 g/mol. The van der Waals surface area contributed by atoms with Gasteiger partial charge in [-0.2, -0.15) is 0 Å². The van der Waals surface area contributed by atoms with E-state index in [9.17, 15) is 4.79 Å². The van der Waals surface area contributed by atoms with Crippen molar-refractivity contribution in [3.05, 3.63) is 0 Å². The number of nitrogens with one attached hydrogen (secondary N) is 2. The van der Waals surface area contributed by atoms with Crippen LogP contribution in [0.1, 0.15) is 0 Å². The van der Waals surface area contributed by atoms with Gasteiger partial charge in [-0.05, 0) is 0 Å². The summed E-state index contributed by atoms with van der Waals surface area (Å²) in [7, 11) is 0. The van der Waals surface area contributed by atoms with Crippen LogP contribution in [-0.2, 0) is 4.79 Å². The van der Waals surface area contributed by atoms with Gasteiger partial charge in [0.25, 0.3) is 6.08 Å². The zero-order chi connectivity index (χ0) is 5.70. The molecular formula is C2H4N4O. The maximum absolute atomic E-state index is 9.20. The normalized spacial score (nSPS) is 6.29. The monoisotopic (exact) mass is 100 g/mol. The molecule has 0 saturated carbocycles. The molecule has 0 atom stereocenters. The summed E-state index contributed by atoms with van der Waals surface area (Å²) in [6, 6.07) is 0. The van der Waals surface area contributed by atoms with Crippen LogP contribution in [-0.4, -0.2) is 12.0 Å². The van der Waals surface area contributed by atoms with E-state index in [-0.39, 0.29) is 5.96 Å². The van der Waals surface area contributed by atoms with Gasteiger partial charge in [-0.3, -0.25) is 5.41 Å². The van der Waals surface area contributed by atoms with Gasteiger partial charge < -0.3 is 5.73 Å². The van der Waals surface area contributed by atoms with Crippen LogP contribution in [0.15, 0.2) is 5.10 Å². The Kier molecular flexibility index (Phi) is 2.31. The zero-order valence-electron chi connectivity index (χ0n) is 3.43. The molecule has 0 aliphatic heterocycles. The lowest BCUT2D eigenvalue weighted by Gasteiger charge is -1.85. The fraction of sp³-hybridized carbons (Fsp3) is 0. The molecule has 0 aromatic heterocycles. The highest BCUT2D eigenvalue weighted by atomic mass is 16.1. The van der Waals surface area contributed by atoms with E-state index in [0.717, 1.165) is 6.08 Å². The van der Waals surface area contributed by atoms with Crippen LogP contribution < -0.4 is 11.2 Å². The van der Waals surface area contributed by atoms with E-state index in [2.05, 4.69) is 10.8 Å². The molecule has 0 aliphatic carbocycles. The van der Waals surface area contributed by atoms with E-state index in [4.69, 9.17) is 5.41 Å². The Morgan fingerprint density at radius 3 is 2.71 bits per heavy atom. The Labute approximate surface area is 39.7 Å². The summed E-state index contributed by atoms with van der Waals surface area (Å²) in [5, 5.41) is 9.16. The minimum Gasteiger partial charge on any atom is -0.369 e. The smallest absolute Gasteiger partial charge is 0.258 e. The summed E-state index contributed by atoms with van der Waals surface area (Å²) in [6.45, 7) is 0. The molecule has 4 N–H and O–H groups in total. The number of hydrogen-bond acceptors (Lipinski definition) is 3. The minimum atomic E-state index is -0.372. The molecule has 38 valence electrons. The first-order valence-corrected chi connectivity index (χ1v) is 1.44. The second-order valence-corrected chi connectivity index (χ2v) is 0.729. The molecule has 0 saturated heterocycles. The minimum absolute atomic E-state index is 0.372.